The van der Waals surface area contributed by atoms with Crippen LogP contribution in [0.3, 0.4) is 0 Å². The molecule has 1 N–H and O–H groups in total. The highest BCUT2D eigenvalue weighted by Crippen LogP contribution is 2.32. The third-order valence-corrected chi connectivity index (χ3v) is 7.03. The van der Waals surface area contributed by atoms with E-state index in [2.05, 4.69) is 34.3 Å². The number of nitrogens with one attached hydrogen (secondary N) is 1. The molecular formula is C25H27N5O. The quantitative estimate of drug-likeness (QED) is 0.520. The Morgan fingerprint density at radius 3 is 2.77 bits per heavy atom. The lowest BCUT2D eigenvalue weighted by Crippen LogP contribution is -2.35. The SMILES string of the molecule is O=C(c1cnn2ccc(-c3c[nH]c4nc(CC5CCC5)ccc34)cc12)N1CCCCC1. The minimum atomic E-state index is 0.0908. The topological polar surface area (TPSA) is 66.3 Å². The Kier molecular flexibility index (Phi) is 4.51. The zero-order valence-corrected chi connectivity index (χ0v) is 17.7. The summed E-state index contributed by atoms with van der Waals surface area (Å²) < 4.78 is 1.80. The minimum Gasteiger partial charge on any atom is -0.346 e. The minimum absolute atomic E-state index is 0.0908. The third kappa shape index (κ3) is 3.30. The van der Waals surface area contributed by atoms with Gasteiger partial charge >= 0.3 is 0 Å². The van der Waals surface area contributed by atoms with E-state index in [4.69, 9.17) is 4.98 Å². The molecule has 2 aliphatic rings. The number of hydrogen-bond acceptors (Lipinski definition) is 3. The first-order chi connectivity index (χ1) is 15.3. The van der Waals surface area contributed by atoms with Crippen LogP contribution in [0.4, 0.5) is 0 Å². The fourth-order valence-corrected chi connectivity index (χ4v) is 4.97. The van der Waals surface area contributed by atoms with Gasteiger partial charge in [-0.3, -0.25) is 4.79 Å². The maximum Gasteiger partial charge on any atom is 0.257 e. The predicted octanol–water partition coefficient (Wildman–Crippen LogP) is 4.85. The summed E-state index contributed by atoms with van der Waals surface area (Å²) in [5, 5.41) is 5.54. The highest BCUT2D eigenvalue weighted by atomic mass is 16.2. The van der Waals surface area contributed by atoms with Crippen molar-refractivity contribution in [3.05, 3.63) is 54.1 Å². The van der Waals surface area contributed by atoms with E-state index in [1.807, 2.05) is 17.3 Å². The van der Waals surface area contributed by atoms with E-state index in [0.29, 0.717) is 5.56 Å². The van der Waals surface area contributed by atoms with Gasteiger partial charge in [-0.2, -0.15) is 5.10 Å². The first-order valence-electron chi connectivity index (χ1n) is 11.5. The molecule has 1 aliphatic carbocycles. The van der Waals surface area contributed by atoms with Gasteiger partial charge in [-0.25, -0.2) is 9.50 Å². The smallest absolute Gasteiger partial charge is 0.257 e. The van der Waals surface area contributed by atoms with Gasteiger partial charge in [-0.1, -0.05) is 19.3 Å². The van der Waals surface area contributed by atoms with Crippen LogP contribution in [0.5, 0.6) is 0 Å². The third-order valence-electron chi connectivity index (χ3n) is 7.03. The molecule has 6 rings (SSSR count). The maximum absolute atomic E-state index is 13.1. The Morgan fingerprint density at radius 2 is 1.97 bits per heavy atom. The van der Waals surface area contributed by atoms with Gasteiger partial charge in [-0.05, 0) is 61.4 Å². The second kappa shape index (κ2) is 7.52. The summed E-state index contributed by atoms with van der Waals surface area (Å²) in [4.78, 5) is 23.3. The van der Waals surface area contributed by atoms with E-state index in [1.54, 1.807) is 10.7 Å². The maximum atomic E-state index is 13.1. The second-order valence-electron chi connectivity index (χ2n) is 9.06. The van der Waals surface area contributed by atoms with Gasteiger partial charge in [0.15, 0.2) is 0 Å². The van der Waals surface area contributed by atoms with Crippen molar-refractivity contribution in [2.75, 3.05) is 13.1 Å². The number of carbonyl (C=O) groups excluding carboxylic acids is 1. The zero-order valence-electron chi connectivity index (χ0n) is 17.7. The van der Waals surface area contributed by atoms with Gasteiger partial charge < -0.3 is 9.88 Å². The molecule has 4 aromatic rings. The molecule has 0 spiro atoms. The highest BCUT2D eigenvalue weighted by Gasteiger charge is 2.22. The number of fused-ring (bicyclic) bond motifs is 2. The van der Waals surface area contributed by atoms with E-state index in [0.717, 1.165) is 65.9 Å². The molecule has 0 bridgehead atoms. The van der Waals surface area contributed by atoms with Crippen LogP contribution in [-0.2, 0) is 6.42 Å². The number of hydrogen-bond donors (Lipinski definition) is 1. The number of amides is 1. The fourth-order valence-electron chi connectivity index (χ4n) is 4.97. The first kappa shape index (κ1) is 18.6. The van der Waals surface area contributed by atoms with Crippen LogP contribution in [0.2, 0.25) is 0 Å². The summed E-state index contributed by atoms with van der Waals surface area (Å²) in [6, 6.07) is 8.48. The normalized spacial score (nSPS) is 17.4. The Morgan fingerprint density at radius 1 is 1.10 bits per heavy atom. The van der Waals surface area contributed by atoms with Gasteiger partial charge in [-0.15, -0.1) is 0 Å². The van der Waals surface area contributed by atoms with Gasteiger partial charge in [0.05, 0.1) is 17.3 Å². The summed E-state index contributed by atoms with van der Waals surface area (Å²) in [6.45, 7) is 1.68. The predicted molar refractivity (Wildman–Crippen MR) is 121 cm³/mol. The molecule has 1 amide bonds. The molecule has 158 valence electrons. The van der Waals surface area contributed by atoms with E-state index in [1.165, 1.54) is 31.4 Å². The molecule has 2 fully saturated rings. The molecule has 6 heteroatoms. The number of rotatable bonds is 4. The number of aromatic amines is 1. The standard InChI is InChI=1S/C25H27N5O/c31-25(29-10-2-1-3-11-29)22-16-27-30-12-9-18(14-23(22)30)21-15-26-24-20(21)8-7-19(28-24)13-17-5-4-6-17/h7-9,12,14-17H,1-6,10-11,13H2,(H,26,28). The zero-order chi connectivity index (χ0) is 20.8. The van der Waals surface area contributed by atoms with Gasteiger partial charge in [0.25, 0.3) is 5.91 Å². The van der Waals surface area contributed by atoms with Crippen molar-refractivity contribution >= 4 is 22.5 Å². The van der Waals surface area contributed by atoms with Crippen LogP contribution >= 0.6 is 0 Å². The Hall–Kier alpha value is -3.15. The molecule has 4 aromatic heterocycles. The molecule has 31 heavy (non-hydrogen) atoms. The lowest BCUT2D eigenvalue weighted by molar-refractivity contribution is 0.0726. The van der Waals surface area contributed by atoms with E-state index < -0.39 is 0 Å². The second-order valence-corrected chi connectivity index (χ2v) is 9.06. The lowest BCUT2D eigenvalue weighted by Gasteiger charge is -2.26. The number of H-pyrrole nitrogens is 1. The van der Waals surface area contributed by atoms with Crippen LogP contribution in [0.1, 0.15) is 54.6 Å². The number of nitrogens with zero attached hydrogens (tertiary/aromatic N) is 4. The molecule has 1 aliphatic heterocycles. The van der Waals surface area contributed by atoms with Gasteiger partial charge in [0, 0.05) is 42.1 Å². The molecule has 5 heterocycles. The Balaban J connectivity index is 1.35. The Labute approximate surface area is 181 Å². The lowest BCUT2D eigenvalue weighted by atomic mass is 9.82. The molecular weight excluding hydrogens is 386 g/mol. The molecule has 6 nitrogen and oxygen atoms in total. The first-order valence-corrected chi connectivity index (χ1v) is 11.5. The Bertz CT molecular complexity index is 1260. The largest absolute Gasteiger partial charge is 0.346 e. The summed E-state index contributed by atoms with van der Waals surface area (Å²) in [5.74, 6) is 0.896. The van der Waals surface area contributed by atoms with Crippen LogP contribution in [-0.4, -0.2) is 43.5 Å². The highest BCUT2D eigenvalue weighted by molar-refractivity contribution is 6.02. The number of likely N-dealkylation sites (tertiary alicyclic amines) is 1. The van der Waals surface area contributed by atoms with Crippen molar-refractivity contribution in [2.24, 2.45) is 5.92 Å². The molecule has 1 saturated heterocycles. The van der Waals surface area contributed by atoms with E-state index in [-0.39, 0.29) is 5.91 Å². The van der Waals surface area contributed by atoms with Gasteiger partial charge in [0.2, 0.25) is 0 Å². The molecule has 0 radical (unpaired) electrons. The van der Waals surface area contributed by atoms with E-state index >= 15 is 0 Å². The average Bonchev–Trinajstić information content (AvgIpc) is 3.40. The monoisotopic (exact) mass is 413 g/mol. The van der Waals surface area contributed by atoms with Crippen molar-refractivity contribution in [1.82, 2.24) is 24.5 Å². The molecule has 0 aromatic carbocycles. The summed E-state index contributed by atoms with van der Waals surface area (Å²) in [7, 11) is 0. The molecule has 0 atom stereocenters. The van der Waals surface area contributed by atoms with E-state index in [9.17, 15) is 4.79 Å². The van der Waals surface area contributed by atoms with Crippen LogP contribution in [0.15, 0.2) is 42.9 Å². The van der Waals surface area contributed by atoms with Gasteiger partial charge in [0.1, 0.15) is 5.65 Å². The molecule has 0 unspecified atom stereocenters. The average molecular weight is 414 g/mol. The van der Waals surface area contributed by atoms with Crippen LogP contribution in [0.25, 0.3) is 27.7 Å². The van der Waals surface area contributed by atoms with Crippen molar-refractivity contribution in [1.29, 1.82) is 0 Å². The van der Waals surface area contributed by atoms with Crippen LogP contribution in [0, 0.1) is 5.92 Å². The van der Waals surface area contributed by atoms with Crippen molar-refractivity contribution in [3.63, 3.8) is 0 Å². The molecule has 1 saturated carbocycles. The van der Waals surface area contributed by atoms with Crippen molar-refractivity contribution in [3.8, 4) is 11.1 Å². The van der Waals surface area contributed by atoms with Crippen LogP contribution < -0.4 is 0 Å². The number of aromatic nitrogens is 4. The summed E-state index contributed by atoms with van der Waals surface area (Å²) >= 11 is 0. The summed E-state index contributed by atoms with van der Waals surface area (Å²) in [5.41, 5.74) is 5.83. The summed E-state index contributed by atoms with van der Waals surface area (Å²) in [6.07, 6.45) is 14.2. The number of pyridine rings is 2. The number of piperidine rings is 1. The number of carbonyl (C=O) groups is 1. The van der Waals surface area contributed by atoms with Crippen molar-refractivity contribution in [2.45, 2.75) is 44.9 Å². The fraction of sp³-hybridized carbons (Fsp3) is 0.400. The van der Waals surface area contributed by atoms with Crippen molar-refractivity contribution < 1.29 is 4.79 Å².